The number of methoxy groups -OCH3 is 1. The molecule has 0 aliphatic heterocycles. The van der Waals surface area contributed by atoms with Gasteiger partial charge in [0.15, 0.2) is 0 Å². The van der Waals surface area contributed by atoms with Crippen molar-refractivity contribution in [2.75, 3.05) is 14.2 Å². The van der Waals surface area contributed by atoms with E-state index in [1.807, 2.05) is 37.2 Å². The maximum atomic E-state index is 5.21. The van der Waals surface area contributed by atoms with Crippen LogP contribution in [-0.2, 0) is 7.05 Å². The Bertz CT molecular complexity index is 536. The van der Waals surface area contributed by atoms with Crippen LogP contribution in [0.3, 0.4) is 0 Å². The third-order valence-electron chi connectivity index (χ3n) is 3.18. The molecular formula is C13H18N4O. The summed E-state index contributed by atoms with van der Waals surface area (Å²) >= 11 is 0. The standard InChI is InChI=1S/C13H18N4O/c1-9-12(8-16-17(9)3)13(14-2)10-5-11(18-4)7-15-6-10/h5-8,13-14H,1-4H3. The molecule has 1 atom stereocenters. The van der Waals surface area contributed by atoms with Crippen LogP contribution in [0.2, 0.25) is 0 Å². The molecule has 96 valence electrons. The van der Waals surface area contributed by atoms with Crippen LogP contribution < -0.4 is 10.1 Å². The Balaban J connectivity index is 2.41. The fourth-order valence-electron chi connectivity index (χ4n) is 2.01. The summed E-state index contributed by atoms with van der Waals surface area (Å²) in [5.41, 5.74) is 3.35. The minimum atomic E-state index is 0.0706. The number of aryl methyl sites for hydroxylation is 1. The summed E-state index contributed by atoms with van der Waals surface area (Å²) in [6, 6.07) is 2.06. The number of hydrogen-bond acceptors (Lipinski definition) is 4. The van der Waals surface area contributed by atoms with Gasteiger partial charge in [-0.3, -0.25) is 9.67 Å². The number of nitrogens with one attached hydrogen (secondary N) is 1. The summed E-state index contributed by atoms with van der Waals surface area (Å²) < 4.78 is 7.08. The van der Waals surface area contributed by atoms with Crippen LogP contribution in [0.1, 0.15) is 22.9 Å². The van der Waals surface area contributed by atoms with Crippen molar-refractivity contribution >= 4 is 0 Å². The Labute approximate surface area is 107 Å². The molecule has 0 aliphatic rings. The number of pyridine rings is 1. The Hall–Kier alpha value is -1.88. The first-order valence-electron chi connectivity index (χ1n) is 5.82. The van der Waals surface area contributed by atoms with Crippen molar-refractivity contribution in [3.63, 3.8) is 0 Å². The van der Waals surface area contributed by atoms with E-state index in [1.54, 1.807) is 13.3 Å². The van der Waals surface area contributed by atoms with Crippen molar-refractivity contribution in [2.24, 2.45) is 7.05 Å². The summed E-state index contributed by atoms with van der Waals surface area (Å²) in [6.07, 6.45) is 5.43. The van der Waals surface area contributed by atoms with Crippen LogP contribution in [0.4, 0.5) is 0 Å². The van der Waals surface area contributed by atoms with E-state index in [4.69, 9.17) is 4.74 Å². The van der Waals surface area contributed by atoms with E-state index in [9.17, 15) is 0 Å². The zero-order chi connectivity index (χ0) is 13.1. The molecule has 0 amide bonds. The molecule has 1 unspecified atom stereocenters. The van der Waals surface area contributed by atoms with Gasteiger partial charge < -0.3 is 10.1 Å². The van der Waals surface area contributed by atoms with Gasteiger partial charge in [0.2, 0.25) is 0 Å². The molecule has 0 aromatic carbocycles. The number of nitrogens with zero attached hydrogens (tertiary/aromatic N) is 3. The smallest absolute Gasteiger partial charge is 0.137 e. The summed E-state index contributed by atoms with van der Waals surface area (Å²) in [5, 5.41) is 7.57. The molecule has 0 bridgehead atoms. The highest BCUT2D eigenvalue weighted by molar-refractivity contribution is 5.34. The summed E-state index contributed by atoms with van der Waals surface area (Å²) in [4.78, 5) is 4.19. The average molecular weight is 246 g/mol. The molecule has 2 aromatic heterocycles. The predicted molar refractivity (Wildman–Crippen MR) is 69.6 cm³/mol. The van der Waals surface area contributed by atoms with Gasteiger partial charge in [0.05, 0.1) is 25.5 Å². The molecule has 18 heavy (non-hydrogen) atoms. The molecule has 5 nitrogen and oxygen atoms in total. The lowest BCUT2D eigenvalue weighted by atomic mass is 10.0. The first kappa shape index (κ1) is 12.6. The normalized spacial score (nSPS) is 12.4. The highest BCUT2D eigenvalue weighted by atomic mass is 16.5. The molecular weight excluding hydrogens is 228 g/mol. The highest BCUT2D eigenvalue weighted by Crippen LogP contribution is 2.25. The monoisotopic (exact) mass is 246 g/mol. The van der Waals surface area contributed by atoms with Gasteiger partial charge in [-0.15, -0.1) is 0 Å². The molecule has 2 aromatic rings. The van der Waals surface area contributed by atoms with Crippen molar-refractivity contribution < 1.29 is 4.74 Å². The zero-order valence-electron chi connectivity index (χ0n) is 11.1. The fraction of sp³-hybridized carbons (Fsp3) is 0.385. The Kier molecular flexibility index (Phi) is 3.62. The van der Waals surface area contributed by atoms with Crippen molar-refractivity contribution in [1.82, 2.24) is 20.1 Å². The number of aromatic nitrogens is 3. The maximum Gasteiger partial charge on any atom is 0.137 e. The van der Waals surface area contributed by atoms with E-state index in [0.29, 0.717) is 0 Å². The number of ether oxygens (including phenoxy) is 1. The van der Waals surface area contributed by atoms with E-state index in [-0.39, 0.29) is 6.04 Å². The van der Waals surface area contributed by atoms with E-state index < -0.39 is 0 Å². The van der Waals surface area contributed by atoms with E-state index in [1.165, 1.54) is 0 Å². The summed E-state index contributed by atoms with van der Waals surface area (Å²) in [5.74, 6) is 0.759. The Morgan fingerprint density at radius 2 is 2.11 bits per heavy atom. The van der Waals surface area contributed by atoms with Gasteiger partial charge >= 0.3 is 0 Å². The second-order valence-corrected chi connectivity index (χ2v) is 4.19. The third kappa shape index (κ3) is 2.22. The predicted octanol–water partition coefficient (Wildman–Crippen LogP) is 1.44. The maximum absolute atomic E-state index is 5.21. The SMILES string of the molecule is CNC(c1cncc(OC)c1)c1cnn(C)c1C. The number of hydrogen-bond donors (Lipinski definition) is 1. The Morgan fingerprint density at radius 3 is 2.67 bits per heavy atom. The first-order chi connectivity index (χ1) is 8.67. The minimum Gasteiger partial charge on any atom is -0.495 e. The topological polar surface area (TPSA) is 52.0 Å². The van der Waals surface area contributed by atoms with Crippen LogP contribution in [-0.4, -0.2) is 28.9 Å². The quantitative estimate of drug-likeness (QED) is 0.887. The zero-order valence-corrected chi connectivity index (χ0v) is 11.1. The van der Waals surface area contributed by atoms with Crippen LogP contribution in [0.5, 0.6) is 5.75 Å². The minimum absolute atomic E-state index is 0.0706. The third-order valence-corrected chi connectivity index (χ3v) is 3.18. The lowest BCUT2D eigenvalue weighted by Crippen LogP contribution is -2.18. The van der Waals surface area contributed by atoms with Crippen LogP contribution in [0.25, 0.3) is 0 Å². The van der Waals surface area contributed by atoms with Gasteiger partial charge in [-0.05, 0) is 25.6 Å². The Morgan fingerprint density at radius 1 is 1.33 bits per heavy atom. The molecule has 1 N–H and O–H groups in total. The van der Waals surface area contributed by atoms with E-state index in [0.717, 1.165) is 22.6 Å². The van der Waals surface area contributed by atoms with Crippen LogP contribution in [0.15, 0.2) is 24.7 Å². The van der Waals surface area contributed by atoms with E-state index in [2.05, 4.69) is 22.3 Å². The van der Waals surface area contributed by atoms with Crippen LogP contribution >= 0.6 is 0 Å². The van der Waals surface area contributed by atoms with Crippen molar-refractivity contribution in [3.05, 3.63) is 41.5 Å². The molecule has 2 rings (SSSR count). The van der Waals surface area contributed by atoms with Crippen molar-refractivity contribution in [3.8, 4) is 5.75 Å². The van der Waals surface area contributed by atoms with Gasteiger partial charge in [0.1, 0.15) is 5.75 Å². The summed E-state index contributed by atoms with van der Waals surface area (Å²) in [6.45, 7) is 2.06. The molecule has 0 saturated carbocycles. The highest BCUT2D eigenvalue weighted by Gasteiger charge is 2.17. The molecule has 0 fully saturated rings. The number of rotatable bonds is 4. The van der Waals surface area contributed by atoms with Gasteiger partial charge in [-0.25, -0.2) is 0 Å². The molecule has 0 radical (unpaired) electrons. The van der Waals surface area contributed by atoms with Crippen LogP contribution in [0, 0.1) is 6.92 Å². The van der Waals surface area contributed by atoms with Gasteiger partial charge in [0.25, 0.3) is 0 Å². The molecule has 0 spiro atoms. The second-order valence-electron chi connectivity index (χ2n) is 4.19. The second kappa shape index (κ2) is 5.18. The van der Waals surface area contributed by atoms with Crippen molar-refractivity contribution in [1.29, 1.82) is 0 Å². The van der Waals surface area contributed by atoms with Gasteiger partial charge in [-0.2, -0.15) is 5.10 Å². The molecule has 5 heteroatoms. The van der Waals surface area contributed by atoms with Gasteiger partial charge in [-0.1, -0.05) is 0 Å². The fourth-order valence-corrected chi connectivity index (χ4v) is 2.01. The van der Waals surface area contributed by atoms with Crippen molar-refractivity contribution in [2.45, 2.75) is 13.0 Å². The molecule has 0 aliphatic carbocycles. The lowest BCUT2D eigenvalue weighted by molar-refractivity contribution is 0.411. The molecule has 2 heterocycles. The first-order valence-corrected chi connectivity index (χ1v) is 5.82. The molecule has 0 saturated heterocycles. The average Bonchev–Trinajstić information content (AvgIpc) is 2.72. The largest absolute Gasteiger partial charge is 0.495 e. The lowest BCUT2D eigenvalue weighted by Gasteiger charge is -2.16. The summed E-state index contributed by atoms with van der Waals surface area (Å²) in [7, 11) is 5.51. The van der Waals surface area contributed by atoms with E-state index >= 15 is 0 Å². The van der Waals surface area contributed by atoms with Gasteiger partial charge in [0, 0.05) is 24.5 Å².